The minimum absolute atomic E-state index is 0.278. The number of ether oxygens (including phenoxy) is 1. The van der Waals surface area contributed by atoms with Crippen LogP contribution >= 0.6 is 0 Å². The van der Waals surface area contributed by atoms with Crippen LogP contribution in [0.4, 0.5) is 5.69 Å². The molecular formula is C23H25NO. The lowest BCUT2D eigenvalue weighted by Gasteiger charge is -2.28. The van der Waals surface area contributed by atoms with Gasteiger partial charge >= 0.3 is 0 Å². The van der Waals surface area contributed by atoms with Crippen molar-refractivity contribution in [3.05, 3.63) is 60.7 Å². The lowest BCUT2D eigenvalue weighted by atomic mass is 9.89. The van der Waals surface area contributed by atoms with E-state index in [1.165, 1.54) is 23.6 Å². The van der Waals surface area contributed by atoms with Crippen molar-refractivity contribution in [3.8, 4) is 16.9 Å². The predicted molar refractivity (Wildman–Crippen MR) is 106 cm³/mol. The average molecular weight is 331 g/mol. The van der Waals surface area contributed by atoms with Crippen molar-refractivity contribution < 1.29 is 4.74 Å². The number of benzene rings is 3. The van der Waals surface area contributed by atoms with Crippen molar-refractivity contribution in [1.29, 1.82) is 0 Å². The van der Waals surface area contributed by atoms with Crippen LogP contribution in [0.3, 0.4) is 0 Å². The lowest BCUT2D eigenvalue weighted by molar-refractivity contribution is 0.137. The summed E-state index contributed by atoms with van der Waals surface area (Å²) in [5.74, 6) is 1.66. The summed E-state index contributed by atoms with van der Waals surface area (Å²) in [6.45, 7) is 2.33. The van der Waals surface area contributed by atoms with Crippen molar-refractivity contribution in [2.75, 3.05) is 5.73 Å². The molecule has 0 unspecified atom stereocenters. The zero-order valence-corrected chi connectivity index (χ0v) is 14.7. The molecule has 25 heavy (non-hydrogen) atoms. The van der Waals surface area contributed by atoms with Crippen LogP contribution < -0.4 is 10.5 Å². The number of rotatable bonds is 3. The second kappa shape index (κ2) is 6.79. The molecule has 0 atom stereocenters. The maximum atomic E-state index is 6.41. The SMILES string of the molecule is CC1CCC(Oc2c(N)cccc2-c2ccc3ccccc3c2)CC1. The molecule has 0 amide bonds. The molecule has 1 aliphatic rings. The molecule has 3 aromatic rings. The van der Waals surface area contributed by atoms with E-state index in [4.69, 9.17) is 10.5 Å². The Balaban J connectivity index is 1.70. The van der Waals surface area contributed by atoms with E-state index in [2.05, 4.69) is 55.5 Å². The Morgan fingerprint density at radius 3 is 2.40 bits per heavy atom. The van der Waals surface area contributed by atoms with Crippen LogP contribution in [0.1, 0.15) is 32.6 Å². The molecule has 0 aromatic heterocycles. The quantitative estimate of drug-likeness (QED) is 0.593. The van der Waals surface area contributed by atoms with Gasteiger partial charge in [-0.2, -0.15) is 0 Å². The molecule has 3 aromatic carbocycles. The fraction of sp³-hybridized carbons (Fsp3) is 0.304. The highest BCUT2D eigenvalue weighted by Gasteiger charge is 2.21. The smallest absolute Gasteiger partial charge is 0.150 e. The summed E-state index contributed by atoms with van der Waals surface area (Å²) in [6.07, 6.45) is 4.99. The molecule has 2 nitrogen and oxygen atoms in total. The summed E-state index contributed by atoms with van der Waals surface area (Å²) in [5, 5.41) is 2.48. The molecule has 1 aliphatic carbocycles. The van der Waals surface area contributed by atoms with E-state index < -0.39 is 0 Å². The minimum Gasteiger partial charge on any atom is -0.488 e. The zero-order chi connectivity index (χ0) is 17.2. The topological polar surface area (TPSA) is 35.2 Å². The van der Waals surface area contributed by atoms with Gasteiger partial charge in [-0.25, -0.2) is 0 Å². The fourth-order valence-electron chi connectivity index (χ4n) is 3.78. The maximum Gasteiger partial charge on any atom is 0.150 e. The van der Waals surface area contributed by atoms with Gasteiger partial charge in [0, 0.05) is 5.56 Å². The highest BCUT2D eigenvalue weighted by atomic mass is 16.5. The fourth-order valence-corrected chi connectivity index (χ4v) is 3.78. The molecule has 0 saturated heterocycles. The molecule has 0 bridgehead atoms. The molecule has 2 N–H and O–H groups in total. The Bertz CT molecular complexity index is 878. The minimum atomic E-state index is 0.278. The van der Waals surface area contributed by atoms with Crippen molar-refractivity contribution in [1.82, 2.24) is 0 Å². The second-order valence-corrected chi connectivity index (χ2v) is 7.29. The van der Waals surface area contributed by atoms with E-state index in [-0.39, 0.29) is 6.10 Å². The summed E-state index contributed by atoms with van der Waals surface area (Å²) in [5.41, 5.74) is 9.26. The van der Waals surface area contributed by atoms with Crippen LogP contribution in [0.2, 0.25) is 0 Å². The maximum absolute atomic E-state index is 6.41. The van der Waals surface area contributed by atoms with Gasteiger partial charge in [-0.1, -0.05) is 55.5 Å². The summed E-state index contributed by atoms with van der Waals surface area (Å²) in [6, 6.07) is 21.0. The average Bonchev–Trinajstić information content (AvgIpc) is 2.65. The lowest BCUT2D eigenvalue weighted by Crippen LogP contribution is -2.23. The first-order valence-electron chi connectivity index (χ1n) is 9.25. The van der Waals surface area contributed by atoms with Gasteiger partial charge in [0.15, 0.2) is 0 Å². The van der Waals surface area contributed by atoms with E-state index in [1.807, 2.05) is 12.1 Å². The van der Waals surface area contributed by atoms with E-state index in [0.717, 1.165) is 41.3 Å². The first-order chi connectivity index (χ1) is 12.2. The van der Waals surface area contributed by atoms with Gasteiger partial charge < -0.3 is 10.5 Å². The summed E-state index contributed by atoms with van der Waals surface area (Å²) >= 11 is 0. The van der Waals surface area contributed by atoms with Crippen molar-refractivity contribution in [2.24, 2.45) is 5.92 Å². The zero-order valence-electron chi connectivity index (χ0n) is 14.7. The number of hydrogen-bond acceptors (Lipinski definition) is 2. The van der Waals surface area contributed by atoms with Crippen LogP contribution in [-0.4, -0.2) is 6.10 Å². The third-order valence-corrected chi connectivity index (χ3v) is 5.35. The van der Waals surface area contributed by atoms with Gasteiger partial charge in [0.2, 0.25) is 0 Å². The van der Waals surface area contributed by atoms with Crippen LogP contribution in [0.15, 0.2) is 60.7 Å². The normalized spacial score (nSPS) is 20.5. The van der Waals surface area contributed by atoms with E-state index in [0.29, 0.717) is 0 Å². The van der Waals surface area contributed by atoms with Crippen LogP contribution in [0.25, 0.3) is 21.9 Å². The molecule has 1 fully saturated rings. The number of nitrogen functional groups attached to an aromatic ring is 1. The highest BCUT2D eigenvalue weighted by Crippen LogP contribution is 2.38. The van der Waals surface area contributed by atoms with Crippen LogP contribution in [0.5, 0.6) is 5.75 Å². The molecule has 2 heteroatoms. The molecule has 0 aliphatic heterocycles. The summed E-state index contributed by atoms with van der Waals surface area (Å²) in [7, 11) is 0. The molecule has 128 valence electrons. The molecule has 4 rings (SSSR count). The standard InChI is InChI=1S/C23H25NO/c1-16-9-13-20(14-10-16)25-23-21(7-4-8-22(23)24)19-12-11-17-5-2-3-6-18(17)15-19/h2-8,11-12,15-16,20H,9-10,13-14,24H2,1H3. The Kier molecular flexibility index (Phi) is 4.35. The van der Waals surface area contributed by atoms with Crippen molar-refractivity contribution in [2.45, 2.75) is 38.7 Å². The molecule has 1 saturated carbocycles. The molecular weight excluding hydrogens is 306 g/mol. The molecule has 0 spiro atoms. The largest absolute Gasteiger partial charge is 0.488 e. The summed E-state index contributed by atoms with van der Waals surface area (Å²) < 4.78 is 6.41. The Hall–Kier alpha value is -2.48. The van der Waals surface area contributed by atoms with Crippen molar-refractivity contribution in [3.63, 3.8) is 0 Å². The third kappa shape index (κ3) is 3.34. The number of anilines is 1. The number of para-hydroxylation sites is 1. The predicted octanol–water partition coefficient (Wildman–Crippen LogP) is 6.05. The van der Waals surface area contributed by atoms with Gasteiger partial charge in [0.1, 0.15) is 5.75 Å². The van der Waals surface area contributed by atoms with Gasteiger partial charge in [-0.05, 0) is 60.1 Å². The van der Waals surface area contributed by atoms with Crippen molar-refractivity contribution >= 4 is 16.5 Å². The Morgan fingerprint density at radius 2 is 1.60 bits per heavy atom. The monoisotopic (exact) mass is 331 g/mol. The number of hydrogen-bond donors (Lipinski definition) is 1. The van der Waals surface area contributed by atoms with E-state index >= 15 is 0 Å². The first-order valence-corrected chi connectivity index (χ1v) is 9.25. The van der Waals surface area contributed by atoms with E-state index in [9.17, 15) is 0 Å². The summed E-state index contributed by atoms with van der Waals surface area (Å²) in [4.78, 5) is 0. The number of nitrogens with two attached hydrogens (primary N) is 1. The van der Waals surface area contributed by atoms with Gasteiger partial charge in [-0.15, -0.1) is 0 Å². The third-order valence-electron chi connectivity index (χ3n) is 5.35. The van der Waals surface area contributed by atoms with Gasteiger partial charge in [-0.3, -0.25) is 0 Å². The van der Waals surface area contributed by atoms with Crippen LogP contribution in [-0.2, 0) is 0 Å². The molecule has 0 heterocycles. The Labute approximate surface area is 149 Å². The number of fused-ring (bicyclic) bond motifs is 1. The van der Waals surface area contributed by atoms with Crippen LogP contribution in [0, 0.1) is 5.92 Å². The second-order valence-electron chi connectivity index (χ2n) is 7.29. The van der Waals surface area contributed by atoms with E-state index in [1.54, 1.807) is 0 Å². The van der Waals surface area contributed by atoms with Gasteiger partial charge in [0.05, 0.1) is 11.8 Å². The Morgan fingerprint density at radius 1 is 0.840 bits per heavy atom. The highest BCUT2D eigenvalue weighted by molar-refractivity contribution is 5.89. The first kappa shape index (κ1) is 16.0. The molecule has 0 radical (unpaired) electrons. The van der Waals surface area contributed by atoms with Gasteiger partial charge in [0.25, 0.3) is 0 Å².